The summed E-state index contributed by atoms with van der Waals surface area (Å²) in [5, 5.41) is 5.76. The van der Waals surface area contributed by atoms with Gasteiger partial charge in [-0.2, -0.15) is 0 Å². The monoisotopic (exact) mass is 415 g/mol. The molecule has 3 aromatic rings. The summed E-state index contributed by atoms with van der Waals surface area (Å²) in [6.45, 7) is 2.00. The van der Waals surface area contributed by atoms with Gasteiger partial charge in [-0.1, -0.05) is 24.3 Å². The smallest absolute Gasteiger partial charge is 0.255 e. The molecule has 158 valence electrons. The fraction of sp³-hybridized carbons (Fsp3) is 0.200. The minimum absolute atomic E-state index is 0.0604. The molecule has 1 aliphatic rings. The minimum Gasteiger partial charge on any atom is -0.497 e. The number of fused-ring (bicyclic) bond motifs is 1. The van der Waals surface area contributed by atoms with Crippen LogP contribution in [0.5, 0.6) is 5.75 Å². The number of hydrogen-bond donors (Lipinski definition) is 2. The molecule has 1 heterocycles. The van der Waals surface area contributed by atoms with Crippen molar-refractivity contribution in [3.05, 3.63) is 89.5 Å². The number of rotatable bonds is 6. The minimum atomic E-state index is -0.213. The summed E-state index contributed by atoms with van der Waals surface area (Å²) in [5.41, 5.74) is 4.52. The quantitative estimate of drug-likeness (QED) is 0.640. The number of benzene rings is 3. The summed E-state index contributed by atoms with van der Waals surface area (Å²) < 4.78 is 5.12. The Bertz CT molecular complexity index is 1060. The first-order valence-corrected chi connectivity index (χ1v) is 10.3. The topological polar surface area (TPSA) is 70.7 Å². The molecule has 31 heavy (non-hydrogen) atoms. The van der Waals surface area contributed by atoms with Crippen LogP contribution in [0.4, 0.5) is 11.4 Å². The third-order valence-corrected chi connectivity index (χ3v) is 5.36. The van der Waals surface area contributed by atoms with Gasteiger partial charge in [-0.3, -0.25) is 14.5 Å². The Hall–Kier alpha value is -3.64. The highest BCUT2D eigenvalue weighted by Crippen LogP contribution is 2.19. The molecule has 0 bridgehead atoms. The van der Waals surface area contributed by atoms with Crippen molar-refractivity contribution in [2.24, 2.45) is 0 Å². The fourth-order valence-electron chi connectivity index (χ4n) is 3.68. The average molecular weight is 415 g/mol. The van der Waals surface area contributed by atoms with Gasteiger partial charge in [-0.05, 0) is 66.1 Å². The van der Waals surface area contributed by atoms with Gasteiger partial charge in [0.2, 0.25) is 5.91 Å². The number of ether oxygens (including phenoxy) is 1. The van der Waals surface area contributed by atoms with E-state index in [0.29, 0.717) is 23.5 Å². The molecule has 0 fully saturated rings. The molecule has 3 aromatic carbocycles. The van der Waals surface area contributed by atoms with Crippen molar-refractivity contribution in [2.45, 2.75) is 13.0 Å². The van der Waals surface area contributed by atoms with Crippen molar-refractivity contribution in [1.82, 2.24) is 4.90 Å². The van der Waals surface area contributed by atoms with E-state index in [9.17, 15) is 9.59 Å². The molecule has 0 saturated carbocycles. The molecule has 0 aliphatic carbocycles. The maximum Gasteiger partial charge on any atom is 0.255 e. The van der Waals surface area contributed by atoms with Crippen LogP contribution >= 0.6 is 0 Å². The highest BCUT2D eigenvalue weighted by Gasteiger charge is 2.18. The molecule has 0 spiro atoms. The number of nitrogens with zero attached hydrogens (tertiary/aromatic N) is 1. The molecule has 0 radical (unpaired) electrons. The summed E-state index contributed by atoms with van der Waals surface area (Å²) in [6.07, 6.45) is 0.960. The first kappa shape index (κ1) is 20.6. The zero-order valence-electron chi connectivity index (χ0n) is 17.4. The van der Waals surface area contributed by atoms with Crippen LogP contribution in [-0.2, 0) is 17.8 Å². The van der Waals surface area contributed by atoms with Gasteiger partial charge in [0, 0.05) is 30.0 Å². The van der Waals surface area contributed by atoms with Gasteiger partial charge in [-0.25, -0.2) is 0 Å². The molecule has 6 nitrogen and oxygen atoms in total. The molecule has 0 unspecified atom stereocenters. The Morgan fingerprint density at radius 2 is 1.52 bits per heavy atom. The first-order valence-electron chi connectivity index (χ1n) is 10.3. The van der Waals surface area contributed by atoms with Crippen LogP contribution in [0, 0.1) is 0 Å². The van der Waals surface area contributed by atoms with Gasteiger partial charge in [0.1, 0.15) is 5.75 Å². The second-order valence-electron chi connectivity index (χ2n) is 7.54. The van der Waals surface area contributed by atoms with Gasteiger partial charge >= 0.3 is 0 Å². The number of carbonyl (C=O) groups excluding carboxylic acids is 2. The van der Waals surface area contributed by atoms with Crippen LogP contribution in [0.2, 0.25) is 0 Å². The normalized spacial score (nSPS) is 13.2. The Morgan fingerprint density at radius 1 is 0.871 bits per heavy atom. The van der Waals surface area contributed by atoms with E-state index in [4.69, 9.17) is 4.74 Å². The average Bonchev–Trinajstić information content (AvgIpc) is 2.80. The Kier molecular flexibility index (Phi) is 6.29. The summed E-state index contributed by atoms with van der Waals surface area (Å²) in [6, 6.07) is 22.4. The van der Waals surface area contributed by atoms with Crippen molar-refractivity contribution >= 4 is 23.2 Å². The standard InChI is InChI=1S/C25H25N3O3/c1-31-23-12-10-22(11-13-23)27-25(30)19-6-8-21(9-7-19)26-24(29)17-28-15-14-18-4-2-3-5-20(18)16-28/h2-13H,14-17H2,1H3,(H,26,29)(H,27,30). The van der Waals surface area contributed by atoms with E-state index in [2.05, 4.69) is 33.7 Å². The van der Waals surface area contributed by atoms with Crippen molar-refractivity contribution in [1.29, 1.82) is 0 Å². The second-order valence-corrected chi connectivity index (χ2v) is 7.54. The maximum absolute atomic E-state index is 12.5. The molecule has 6 heteroatoms. The fourth-order valence-corrected chi connectivity index (χ4v) is 3.68. The number of methoxy groups -OCH3 is 1. The van der Waals surface area contributed by atoms with Gasteiger partial charge in [0.05, 0.1) is 13.7 Å². The Labute approximate surface area is 181 Å². The van der Waals surface area contributed by atoms with Crippen LogP contribution in [0.1, 0.15) is 21.5 Å². The van der Waals surface area contributed by atoms with E-state index in [0.717, 1.165) is 25.3 Å². The maximum atomic E-state index is 12.5. The number of nitrogens with one attached hydrogen (secondary N) is 2. The van der Waals surface area contributed by atoms with Crippen molar-refractivity contribution in [3.8, 4) is 5.75 Å². The highest BCUT2D eigenvalue weighted by molar-refractivity contribution is 6.04. The predicted molar refractivity (Wildman–Crippen MR) is 121 cm³/mol. The largest absolute Gasteiger partial charge is 0.497 e. The SMILES string of the molecule is COc1ccc(NC(=O)c2ccc(NC(=O)CN3CCc4ccccc4C3)cc2)cc1. The van der Waals surface area contributed by atoms with E-state index < -0.39 is 0 Å². The lowest BCUT2D eigenvalue weighted by molar-refractivity contribution is -0.117. The van der Waals surface area contributed by atoms with E-state index in [1.54, 1.807) is 55.6 Å². The molecule has 0 atom stereocenters. The summed E-state index contributed by atoms with van der Waals surface area (Å²) in [7, 11) is 1.60. The lowest BCUT2D eigenvalue weighted by atomic mass is 10.00. The van der Waals surface area contributed by atoms with Gasteiger partial charge < -0.3 is 15.4 Å². The van der Waals surface area contributed by atoms with Crippen molar-refractivity contribution in [3.63, 3.8) is 0 Å². The Balaban J connectivity index is 1.29. The molecular formula is C25H25N3O3. The summed E-state index contributed by atoms with van der Waals surface area (Å²) in [5.74, 6) is 0.455. The zero-order chi connectivity index (χ0) is 21.6. The van der Waals surface area contributed by atoms with Crippen LogP contribution < -0.4 is 15.4 Å². The van der Waals surface area contributed by atoms with Crippen LogP contribution in [-0.4, -0.2) is 36.9 Å². The highest BCUT2D eigenvalue weighted by atomic mass is 16.5. The van der Waals surface area contributed by atoms with E-state index >= 15 is 0 Å². The third kappa shape index (κ3) is 5.29. The van der Waals surface area contributed by atoms with Crippen molar-refractivity contribution in [2.75, 3.05) is 30.8 Å². The summed E-state index contributed by atoms with van der Waals surface area (Å²) in [4.78, 5) is 27.0. The van der Waals surface area contributed by atoms with Crippen molar-refractivity contribution < 1.29 is 14.3 Å². The van der Waals surface area contributed by atoms with E-state index in [1.165, 1.54) is 11.1 Å². The molecular weight excluding hydrogens is 390 g/mol. The van der Waals surface area contributed by atoms with Gasteiger partial charge in [0.25, 0.3) is 5.91 Å². The van der Waals surface area contributed by atoms with Gasteiger partial charge in [0.15, 0.2) is 0 Å². The van der Waals surface area contributed by atoms with Crippen LogP contribution in [0.15, 0.2) is 72.8 Å². The molecule has 0 saturated heterocycles. The third-order valence-electron chi connectivity index (χ3n) is 5.36. The van der Waals surface area contributed by atoms with Gasteiger partial charge in [-0.15, -0.1) is 0 Å². The first-order chi connectivity index (χ1) is 15.1. The number of hydrogen-bond acceptors (Lipinski definition) is 4. The Morgan fingerprint density at radius 3 is 2.23 bits per heavy atom. The second kappa shape index (κ2) is 9.45. The number of amides is 2. The molecule has 2 N–H and O–H groups in total. The summed E-state index contributed by atoms with van der Waals surface area (Å²) >= 11 is 0. The molecule has 4 rings (SSSR count). The van der Waals surface area contributed by atoms with Crippen LogP contribution in [0.3, 0.4) is 0 Å². The predicted octanol–water partition coefficient (Wildman–Crippen LogP) is 3.94. The zero-order valence-corrected chi connectivity index (χ0v) is 17.4. The molecule has 0 aromatic heterocycles. The lowest BCUT2D eigenvalue weighted by Gasteiger charge is -2.28. The number of carbonyl (C=O) groups is 2. The van der Waals surface area contributed by atoms with E-state index in [-0.39, 0.29) is 11.8 Å². The van der Waals surface area contributed by atoms with Crippen LogP contribution in [0.25, 0.3) is 0 Å². The lowest BCUT2D eigenvalue weighted by Crippen LogP contribution is -2.37. The van der Waals surface area contributed by atoms with E-state index in [1.807, 2.05) is 6.07 Å². The molecule has 2 amide bonds. The molecule has 1 aliphatic heterocycles. The number of anilines is 2.